The number of hydrogen-bond donors (Lipinski definition) is 1. The first kappa shape index (κ1) is 15.0. The van der Waals surface area contributed by atoms with Crippen molar-refractivity contribution in [3.05, 3.63) is 0 Å². The van der Waals surface area contributed by atoms with Gasteiger partial charge in [-0.15, -0.1) is 0 Å². The molecule has 17 heavy (non-hydrogen) atoms. The fourth-order valence-electron chi connectivity index (χ4n) is 2.54. The van der Waals surface area contributed by atoms with E-state index in [2.05, 4.69) is 6.92 Å². The zero-order chi connectivity index (χ0) is 12.7. The van der Waals surface area contributed by atoms with Crippen molar-refractivity contribution in [1.82, 2.24) is 0 Å². The number of aliphatic hydroxyl groups excluding tert-OH is 1. The Bertz CT molecular complexity index is 298. The van der Waals surface area contributed by atoms with Crippen LogP contribution in [-0.4, -0.2) is 31.1 Å². The molecule has 1 rings (SSSR count). The highest BCUT2D eigenvalue weighted by molar-refractivity contribution is 7.91. The van der Waals surface area contributed by atoms with Gasteiger partial charge in [0, 0.05) is 0 Å². The first-order chi connectivity index (χ1) is 8.03. The summed E-state index contributed by atoms with van der Waals surface area (Å²) in [7, 11) is -2.78. The van der Waals surface area contributed by atoms with Gasteiger partial charge in [-0.2, -0.15) is 0 Å². The first-order valence-electron chi connectivity index (χ1n) is 6.92. The Morgan fingerprint density at radius 1 is 1.24 bits per heavy atom. The minimum atomic E-state index is -2.78. The maximum atomic E-state index is 11.3. The highest BCUT2D eigenvalue weighted by Gasteiger charge is 2.29. The van der Waals surface area contributed by atoms with Crippen molar-refractivity contribution >= 4 is 9.84 Å². The van der Waals surface area contributed by atoms with E-state index in [9.17, 15) is 13.5 Å². The SMILES string of the molecule is CCCCCCCC(O)CC1CCS(=O)(=O)C1. The van der Waals surface area contributed by atoms with Crippen molar-refractivity contribution in [2.75, 3.05) is 11.5 Å². The summed E-state index contributed by atoms with van der Waals surface area (Å²) < 4.78 is 22.5. The molecular formula is C13H26O3S. The Hall–Kier alpha value is -0.0900. The van der Waals surface area contributed by atoms with Crippen LogP contribution in [0.25, 0.3) is 0 Å². The molecule has 1 aliphatic rings. The van der Waals surface area contributed by atoms with Gasteiger partial charge in [-0.25, -0.2) is 8.42 Å². The lowest BCUT2D eigenvalue weighted by Gasteiger charge is -2.14. The summed E-state index contributed by atoms with van der Waals surface area (Å²) in [4.78, 5) is 0. The van der Waals surface area contributed by atoms with Crippen LogP contribution < -0.4 is 0 Å². The smallest absolute Gasteiger partial charge is 0.150 e. The average molecular weight is 262 g/mol. The van der Waals surface area contributed by atoms with Gasteiger partial charge < -0.3 is 5.11 Å². The van der Waals surface area contributed by atoms with E-state index in [4.69, 9.17) is 0 Å². The molecule has 0 radical (unpaired) electrons. The Morgan fingerprint density at radius 2 is 1.94 bits per heavy atom. The van der Waals surface area contributed by atoms with Crippen LogP contribution >= 0.6 is 0 Å². The lowest BCUT2D eigenvalue weighted by atomic mass is 9.97. The van der Waals surface area contributed by atoms with E-state index in [1.807, 2.05) is 0 Å². The third-order valence-electron chi connectivity index (χ3n) is 3.57. The van der Waals surface area contributed by atoms with Gasteiger partial charge in [0.05, 0.1) is 17.6 Å². The number of sulfone groups is 1. The highest BCUT2D eigenvalue weighted by atomic mass is 32.2. The van der Waals surface area contributed by atoms with Crippen LogP contribution in [0.15, 0.2) is 0 Å². The van der Waals surface area contributed by atoms with Crippen LogP contribution in [0.2, 0.25) is 0 Å². The normalized spacial score (nSPS) is 24.9. The largest absolute Gasteiger partial charge is 0.393 e. The Balaban J connectivity index is 2.07. The molecule has 1 fully saturated rings. The second kappa shape index (κ2) is 7.37. The van der Waals surface area contributed by atoms with E-state index in [-0.39, 0.29) is 12.0 Å². The van der Waals surface area contributed by atoms with E-state index < -0.39 is 9.84 Å². The minimum absolute atomic E-state index is 0.200. The number of aliphatic hydroxyl groups is 1. The third-order valence-corrected chi connectivity index (χ3v) is 5.41. The summed E-state index contributed by atoms with van der Waals surface area (Å²) in [6.07, 6.45) is 7.98. The Labute approximate surface area is 106 Å². The molecule has 0 aromatic heterocycles. The lowest BCUT2D eigenvalue weighted by Crippen LogP contribution is -2.14. The van der Waals surface area contributed by atoms with E-state index >= 15 is 0 Å². The molecule has 3 nitrogen and oxygen atoms in total. The fraction of sp³-hybridized carbons (Fsp3) is 1.00. The molecule has 0 saturated carbocycles. The summed E-state index contributed by atoms with van der Waals surface area (Å²) in [5, 5.41) is 9.84. The summed E-state index contributed by atoms with van der Waals surface area (Å²) >= 11 is 0. The molecule has 1 N–H and O–H groups in total. The van der Waals surface area contributed by atoms with Gasteiger partial charge in [0.1, 0.15) is 0 Å². The zero-order valence-corrected chi connectivity index (χ0v) is 11.7. The van der Waals surface area contributed by atoms with Gasteiger partial charge in [-0.1, -0.05) is 39.0 Å². The molecule has 0 amide bonds. The molecule has 0 aromatic rings. The first-order valence-corrected chi connectivity index (χ1v) is 8.74. The van der Waals surface area contributed by atoms with E-state index in [0.717, 1.165) is 19.3 Å². The molecule has 0 aliphatic carbocycles. The molecule has 2 atom stereocenters. The molecule has 0 bridgehead atoms. The number of hydrogen-bond acceptors (Lipinski definition) is 3. The van der Waals surface area contributed by atoms with Gasteiger partial charge in [-0.05, 0) is 25.2 Å². The monoisotopic (exact) mass is 262 g/mol. The van der Waals surface area contributed by atoms with E-state index in [1.165, 1.54) is 25.7 Å². The summed E-state index contributed by atoms with van der Waals surface area (Å²) in [6, 6.07) is 0. The molecule has 0 spiro atoms. The Kier molecular flexibility index (Phi) is 6.49. The average Bonchev–Trinajstić information content (AvgIpc) is 2.57. The second-order valence-electron chi connectivity index (χ2n) is 5.36. The molecule has 1 saturated heterocycles. The molecular weight excluding hydrogens is 236 g/mol. The van der Waals surface area contributed by atoms with Crippen molar-refractivity contribution in [3.63, 3.8) is 0 Å². The maximum absolute atomic E-state index is 11.3. The number of rotatable bonds is 8. The van der Waals surface area contributed by atoms with Crippen molar-refractivity contribution in [2.24, 2.45) is 5.92 Å². The van der Waals surface area contributed by atoms with Gasteiger partial charge in [-0.3, -0.25) is 0 Å². The molecule has 1 aliphatic heterocycles. The summed E-state index contributed by atoms with van der Waals surface area (Å²) in [6.45, 7) is 2.19. The van der Waals surface area contributed by atoms with Crippen molar-refractivity contribution in [2.45, 2.75) is 64.4 Å². The predicted molar refractivity (Wildman–Crippen MR) is 70.8 cm³/mol. The zero-order valence-electron chi connectivity index (χ0n) is 10.9. The van der Waals surface area contributed by atoms with Crippen LogP contribution in [0.4, 0.5) is 0 Å². The van der Waals surface area contributed by atoms with Crippen molar-refractivity contribution < 1.29 is 13.5 Å². The van der Waals surface area contributed by atoms with Crippen LogP contribution in [0.5, 0.6) is 0 Å². The van der Waals surface area contributed by atoms with Gasteiger partial charge >= 0.3 is 0 Å². The maximum Gasteiger partial charge on any atom is 0.150 e. The summed E-state index contributed by atoms with van der Waals surface area (Å²) in [5.41, 5.74) is 0. The van der Waals surface area contributed by atoms with Gasteiger partial charge in [0.2, 0.25) is 0 Å². The molecule has 1 heterocycles. The highest BCUT2D eigenvalue weighted by Crippen LogP contribution is 2.24. The lowest BCUT2D eigenvalue weighted by molar-refractivity contribution is 0.134. The van der Waals surface area contributed by atoms with Crippen LogP contribution in [-0.2, 0) is 9.84 Å². The Morgan fingerprint density at radius 3 is 2.53 bits per heavy atom. The van der Waals surface area contributed by atoms with E-state index in [0.29, 0.717) is 17.9 Å². The topological polar surface area (TPSA) is 54.4 Å². The molecule has 0 aromatic carbocycles. The van der Waals surface area contributed by atoms with Crippen LogP contribution in [0.3, 0.4) is 0 Å². The van der Waals surface area contributed by atoms with Gasteiger partial charge in [0.25, 0.3) is 0 Å². The fourth-order valence-corrected chi connectivity index (χ4v) is 4.42. The predicted octanol–water partition coefficient (Wildman–Crippen LogP) is 2.53. The quantitative estimate of drug-likeness (QED) is 0.684. The van der Waals surface area contributed by atoms with Crippen molar-refractivity contribution in [1.29, 1.82) is 0 Å². The molecule has 102 valence electrons. The third kappa shape index (κ3) is 6.41. The standard InChI is InChI=1S/C13H26O3S/c1-2-3-4-5-6-7-13(14)10-12-8-9-17(15,16)11-12/h12-14H,2-11H2,1H3. The molecule has 4 heteroatoms. The number of unbranched alkanes of at least 4 members (excludes halogenated alkanes) is 4. The molecule has 2 unspecified atom stereocenters. The van der Waals surface area contributed by atoms with Crippen LogP contribution in [0.1, 0.15) is 58.3 Å². The van der Waals surface area contributed by atoms with Crippen molar-refractivity contribution in [3.8, 4) is 0 Å². The van der Waals surface area contributed by atoms with E-state index in [1.54, 1.807) is 0 Å². The minimum Gasteiger partial charge on any atom is -0.393 e. The summed E-state index contributed by atoms with van der Waals surface area (Å²) in [5.74, 6) is 0.812. The van der Waals surface area contributed by atoms with Crippen LogP contribution in [0, 0.1) is 5.92 Å². The second-order valence-corrected chi connectivity index (χ2v) is 7.59. The van der Waals surface area contributed by atoms with Gasteiger partial charge in [0.15, 0.2) is 9.84 Å².